The Balaban J connectivity index is 4.65. The average Bonchev–Trinajstić information content (AvgIpc) is 2.20. The SMILES string of the molecule is CCCCC(CN)(CCCC)OS(=O)(=O)O. The predicted molar refractivity (Wildman–Crippen MR) is 63.5 cm³/mol. The van der Waals surface area contributed by atoms with Gasteiger partial charge in [0, 0.05) is 6.54 Å². The molecule has 0 saturated heterocycles. The first-order valence-electron chi connectivity index (χ1n) is 5.77. The third-order valence-corrected chi connectivity index (χ3v) is 3.19. The molecule has 0 bridgehead atoms. The predicted octanol–water partition coefficient (Wildman–Crippen LogP) is 1.88. The zero-order valence-corrected chi connectivity index (χ0v) is 10.9. The first-order valence-corrected chi connectivity index (χ1v) is 7.13. The topological polar surface area (TPSA) is 89.6 Å². The quantitative estimate of drug-likeness (QED) is 0.612. The molecule has 0 aromatic carbocycles. The van der Waals surface area contributed by atoms with Gasteiger partial charge in [-0.3, -0.25) is 4.55 Å². The van der Waals surface area contributed by atoms with Crippen LogP contribution in [-0.4, -0.2) is 25.1 Å². The van der Waals surface area contributed by atoms with Crippen molar-refractivity contribution in [3.63, 3.8) is 0 Å². The summed E-state index contributed by atoms with van der Waals surface area (Å²) in [5, 5.41) is 0. The van der Waals surface area contributed by atoms with Gasteiger partial charge < -0.3 is 5.73 Å². The summed E-state index contributed by atoms with van der Waals surface area (Å²) in [5.74, 6) is 0. The molecule has 0 amide bonds. The first kappa shape index (κ1) is 15.8. The lowest BCUT2D eigenvalue weighted by Gasteiger charge is -2.30. The molecule has 0 aliphatic heterocycles. The van der Waals surface area contributed by atoms with E-state index in [1.807, 2.05) is 13.8 Å². The maximum Gasteiger partial charge on any atom is 0.397 e. The molecule has 0 aliphatic carbocycles. The lowest BCUT2D eigenvalue weighted by Crippen LogP contribution is -2.42. The summed E-state index contributed by atoms with van der Waals surface area (Å²) in [6.45, 7) is 4.12. The highest BCUT2D eigenvalue weighted by atomic mass is 32.3. The molecule has 0 spiro atoms. The Bertz CT molecular complexity index is 269. The van der Waals surface area contributed by atoms with Gasteiger partial charge in [0.15, 0.2) is 0 Å². The second kappa shape index (κ2) is 7.21. The van der Waals surface area contributed by atoms with Crippen LogP contribution >= 0.6 is 0 Å². The first-order chi connectivity index (χ1) is 7.39. The van der Waals surface area contributed by atoms with E-state index in [1.54, 1.807) is 0 Å². The summed E-state index contributed by atoms with van der Waals surface area (Å²) in [6.07, 6.45) is 4.64. The van der Waals surface area contributed by atoms with Crippen LogP contribution in [0.4, 0.5) is 0 Å². The van der Waals surface area contributed by atoms with Crippen LogP contribution in [0.25, 0.3) is 0 Å². The van der Waals surface area contributed by atoms with Crippen LogP contribution < -0.4 is 5.73 Å². The molecule has 16 heavy (non-hydrogen) atoms. The fourth-order valence-electron chi connectivity index (χ4n) is 1.67. The van der Waals surface area contributed by atoms with Crippen molar-refractivity contribution in [2.75, 3.05) is 6.54 Å². The molecule has 0 unspecified atom stereocenters. The Kier molecular flexibility index (Phi) is 7.14. The molecule has 0 radical (unpaired) electrons. The molecular weight excluding hydrogens is 230 g/mol. The van der Waals surface area contributed by atoms with Gasteiger partial charge in [0.2, 0.25) is 0 Å². The van der Waals surface area contributed by atoms with Gasteiger partial charge >= 0.3 is 10.4 Å². The second-order valence-electron chi connectivity index (χ2n) is 4.11. The normalized spacial score (nSPS) is 13.0. The van der Waals surface area contributed by atoms with E-state index in [1.165, 1.54) is 0 Å². The van der Waals surface area contributed by atoms with Crippen LogP contribution in [0, 0.1) is 0 Å². The fourth-order valence-corrected chi connectivity index (χ4v) is 2.35. The Morgan fingerprint density at radius 1 is 1.19 bits per heavy atom. The zero-order chi connectivity index (χ0) is 12.7. The maximum atomic E-state index is 10.8. The highest BCUT2D eigenvalue weighted by Gasteiger charge is 2.33. The average molecular weight is 253 g/mol. The van der Waals surface area contributed by atoms with Crippen molar-refractivity contribution in [3.8, 4) is 0 Å². The van der Waals surface area contributed by atoms with E-state index in [0.29, 0.717) is 12.8 Å². The van der Waals surface area contributed by atoms with Gasteiger partial charge in [-0.2, -0.15) is 8.42 Å². The smallest absolute Gasteiger partial charge is 0.328 e. The van der Waals surface area contributed by atoms with Gasteiger partial charge in [0.05, 0.1) is 0 Å². The van der Waals surface area contributed by atoms with E-state index in [0.717, 1.165) is 25.7 Å². The molecule has 0 fully saturated rings. The molecule has 6 heteroatoms. The molecule has 3 N–H and O–H groups in total. The van der Waals surface area contributed by atoms with Crippen LogP contribution in [0.5, 0.6) is 0 Å². The summed E-state index contributed by atoms with van der Waals surface area (Å²) in [6, 6.07) is 0. The minimum absolute atomic E-state index is 0.104. The number of hydrogen-bond acceptors (Lipinski definition) is 4. The zero-order valence-electron chi connectivity index (χ0n) is 10.1. The Hall–Kier alpha value is -0.170. The highest BCUT2D eigenvalue weighted by Crippen LogP contribution is 2.26. The van der Waals surface area contributed by atoms with Crippen molar-refractivity contribution in [1.82, 2.24) is 0 Å². The van der Waals surface area contributed by atoms with Gasteiger partial charge in [-0.05, 0) is 12.8 Å². The minimum atomic E-state index is -4.43. The Morgan fingerprint density at radius 2 is 1.62 bits per heavy atom. The standard InChI is InChI=1S/C10H23NO4S/c1-3-5-7-10(9-11,8-6-4-2)15-16(12,13)14/h3-9,11H2,1-2H3,(H,12,13,14). The second-order valence-corrected chi connectivity index (χ2v) is 5.13. The molecule has 0 aromatic heterocycles. The van der Waals surface area contributed by atoms with E-state index in [4.69, 9.17) is 14.5 Å². The van der Waals surface area contributed by atoms with Crippen molar-refractivity contribution in [1.29, 1.82) is 0 Å². The van der Waals surface area contributed by atoms with Gasteiger partial charge in [0.25, 0.3) is 0 Å². The number of unbranched alkanes of at least 4 members (excludes halogenated alkanes) is 2. The van der Waals surface area contributed by atoms with E-state index in [2.05, 4.69) is 0 Å². The van der Waals surface area contributed by atoms with Crippen LogP contribution in [0.15, 0.2) is 0 Å². The number of hydrogen-bond donors (Lipinski definition) is 2. The van der Waals surface area contributed by atoms with Crippen LogP contribution in [0.2, 0.25) is 0 Å². The van der Waals surface area contributed by atoms with Crippen molar-refractivity contribution in [3.05, 3.63) is 0 Å². The van der Waals surface area contributed by atoms with Crippen molar-refractivity contribution in [2.45, 2.75) is 58.0 Å². The van der Waals surface area contributed by atoms with E-state index in [9.17, 15) is 8.42 Å². The van der Waals surface area contributed by atoms with E-state index < -0.39 is 16.0 Å². The fraction of sp³-hybridized carbons (Fsp3) is 1.00. The molecule has 98 valence electrons. The molecule has 0 atom stereocenters. The Labute approximate surface area is 98.3 Å². The largest absolute Gasteiger partial charge is 0.397 e. The monoisotopic (exact) mass is 253 g/mol. The number of rotatable bonds is 9. The van der Waals surface area contributed by atoms with Gasteiger partial charge in [-0.15, -0.1) is 0 Å². The molecular formula is C10H23NO4S. The van der Waals surface area contributed by atoms with Crippen molar-refractivity contribution < 1.29 is 17.2 Å². The molecule has 5 nitrogen and oxygen atoms in total. The van der Waals surface area contributed by atoms with Gasteiger partial charge in [-0.1, -0.05) is 39.5 Å². The molecule has 0 saturated carbocycles. The van der Waals surface area contributed by atoms with Gasteiger partial charge in [-0.25, -0.2) is 4.18 Å². The van der Waals surface area contributed by atoms with Gasteiger partial charge in [0.1, 0.15) is 5.60 Å². The summed E-state index contributed by atoms with van der Waals surface area (Å²) in [7, 11) is -4.43. The molecule has 0 aromatic rings. The van der Waals surface area contributed by atoms with E-state index >= 15 is 0 Å². The maximum absolute atomic E-state index is 10.8. The van der Waals surface area contributed by atoms with E-state index in [-0.39, 0.29) is 6.54 Å². The number of nitrogens with two attached hydrogens (primary N) is 1. The highest BCUT2D eigenvalue weighted by molar-refractivity contribution is 7.80. The van der Waals surface area contributed by atoms with Crippen LogP contribution in [-0.2, 0) is 14.6 Å². The van der Waals surface area contributed by atoms with Crippen molar-refractivity contribution in [2.24, 2.45) is 5.73 Å². The molecule has 0 aliphatic rings. The Morgan fingerprint density at radius 3 is 1.88 bits per heavy atom. The summed E-state index contributed by atoms with van der Waals surface area (Å²) in [5.41, 5.74) is 4.66. The lowest BCUT2D eigenvalue weighted by molar-refractivity contribution is 0.0485. The van der Waals surface area contributed by atoms with Crippen LogP contribution in [0.3, 0.4) is 0 Å². The molecule has 0 heterocycles. The summed E-state index contributed by atoms with van der Waals surface area (Å²) in [4.78, 5) is 0. The third-order valence-electron chi connectivity index (χ3n) is 2.63. The summed E-state index contributed by atoms with van der Waals surface area (Å²) >= 11 is 0. The van der Waals surface area contributed by atoms with Crippen molar-refractivity contribution >= 4 is 10.4 Å². The summed E-state index contributed by atoms with van der Waals surface area (Å²) < 4.78 is 35.2. The lowest BCUT2D eigenvalue weighted by atomic mass is 9.91. The molecule has 0 rings (SSSR count). The third kappa shape index (κ3) is 6.42. The minimum Gasteiger partial charge on any atom is -0.328 e. The van der Waals surface area contributed by atoms with Crippen LogP contribution in [0.1, 0.15) is 52.4 Å².